The minimum Gasteiger partial charge on any atom is -0.392 e. The van der Waals surface area contributed by atoms with Gasteiger partial charge in [-0.15, -0.1) is 0 Å². The quantitative estimate of drug-likeness (QED) is 0.841. The van der Waals surface area contributed by atoms with Crippen molar-refractivity contribution in [1.82, 2.24) is 0 Å². The zero-order valence-corrected chi connectivity index (χ0v) is 9.26. The number of nitrogens with two attached hydrogens (primary N) is 1. The maximum atomic E-state index is 11.3. The van der Waals surface area contributed by atoms with Gasteiger partial charge in [-0.3, -0.25) is 4.79 Å². The lowest BCUT2D eigenvalue weighted by atomic mass is 9.99. The van der Waals surface area contributed by atoms with Crippen molar-refractivity contribution in [3.63, 3.8) is 0 Å². The van der Waals surface area contributed by atoms with Crippen LogP contribution in [0.5, 0.6) is 0 Å². The van der Waals surface area contributed by atoms with Gasteiger partial charge >= 0.3 is 0 Å². The van der Waals surface area contributed by atoms with Crippen molar-refractivity contribution in [3.8, 4) is 11.1 Å². The van der Waals surface area contributed by atoms with E-state index in [9.17, 15) is 4.79 Å². The Bertz CT molecular complexity index is 535. The summed E-state index contributed by atoms with van der Waals surface area (Å²) in [6.07, 6.45) is 0. The molecule has 3 heteroatoms. The summed E-state index contributed by atoms with van der Waals surface area (Å²) in [6, 6.07) is 15.0. The Kier molecular flexibility index (Phi) is 3.21. The maximum Gasteiger partial charge on any atom is 0.249 e. The maximum absolute atomic E-state index is 11.3. The van der Waals surface area contributed by atoms with E-state index in [1.54, 1.807) is 12.1 Å². The van der Waals surface area contributed by atoms with Gasteiger partial charge in [-0.05, 0) is 22.8 Å². The third-order valence-corrected chi connectivity index (χ3v) is 2.65. The molecule has 0 heterocycles. The van der Waals surface area contributed by atoms with Crippen LogP contribution in [0.4, 0.5) is 0 Å². The smallest absolute Gasteiger partial charge is 0.249 e. The van der Waals surface area contributed by atoms with Crippen LogP contribution in [0.1, 0.15) is 15.9 Å². The first kappa shape index (κ1) is 11.4. The van der Waals surface area contributed by atoms with E-state index in [-0.39, 0.29) is 6.61 Å². The van der Waals surface area contributed by atoms with Gasteiger partial charge in [-0.2, -0.15) is 0 Å². The van der Waals surface area contributed by atoms with Crippen molar-refractivity contribution in [3.05, 3.63) is 59.7 Å². The first-order chi connectivity index (χ1) is 8.22. The predicted octanol–water partition coefficient (Wildman–Crippen LogP) is 1.94. The number of hydrogen-bond donors (Lipinski definition) is 2. The monoisotopic (exact) mass is 227 g/mol. The molecule has 1 amide bonds. The summed E-state index contributed by atoms with van der Waals surface area (Å²) in [7, 11) is 0. The van der Waals surface area contributed by atoms with Crippen LogP contribution in [0.3, 0.4) is 0 Å². The molecule has 0 spiro atoms. The molecule has 17 heavy (non-hydrogen) atoms. The fraction of sp³-hybridized carbons (Fsp3) is 0.0714. The van der Waals surface area contributed by atoms with Crippen LogP contribution in [0, 0.1) is 0 Å². The zero-order chi connectivity index (χ0) is 12.3. The van der Waals surface area contributed by atoms with Crippen LogP contribution in [-0.4, -0.2) is 11.0 Å². The second kappa shape index (κ2) is 4.80. The highest BCUT2D eigenvalue weighted by Crippen LogP contribution is 2.22. The molecule has 0 saturated carbocycles. The molecule has 0 aliphatic rings. The van der Waals surface area contributed by atoms with Crippen molar-refractivity contribution in [2.75, 3.05) is 0 Å². The first-order valence-corrected chi connectivity index (χ1v) is 5.31. The van der Waals surface area contributed by atoms with Gasteiger partial charge in [0.05, 0.1) is 6.61 Å². The fourth-order valence-electron chi connectivity index (χ4n) is 1.75. The Morgan fingerprint density at radius 2 is 1.76 bits per heavy atom. The molecule has 0 aliphatic heterocycles. The standard InChI is InChI=1S/C14H13NO2/c15-14(17)13-8-11(6-7-12(13)9-16)10-4-2-1-3-5-10/h1-8,16H,9H2,(H2,15,17). The van der Waals surface area contributed by atoms with E-state index in [4.69, 9.17) is 10.8 Å². The minimum atomic E-state index is -0.521. The van der Waals surface area contributed by atoms with Crippen LogP contribution in [-0.2, 0) is 6.61 Å². The summed E-state index contributed by atoms with van der Waals surface area (Å²) in [5, 5.41) is 9.12. The lowest BCUT2D eigenvalue weighted by Gasteiger charge is -2.07. The van der Waals surface area contributed by atoms with Crippen molar-refractivity contribution in [1.29, 1.82) is 0 Å². The van der Waals surface area contributed by atoms with Gasteiger partial charge in [0.15, 0.2) is 0 Å². The second-order valence-electron chi connectivity index (χ2n) is 3.76. The Hall–Kier alpha value is -2.13. The van der Waals surface area contributed by atoms with E-state index in [0.717, 1.165) is 11.1 Å². The summed E-state index contributed by atoms with van der Waals surface area (Å²) in [4.78, 5) is 11.3. The van der Waals surface area contributed by atoms with E-state index >= 15 is 0 Å². The highest BCUT2D eigenvalue weighted by molar-refractivity contribution is 5.95. The van der Waals surface area contributed by atoms with E-state index in [2.05, 4.69) is 0 Å². The van der Waals surface area contributed by atoms with Crippen LogP contribution >= 0.6 is 0 Å². The van der Waals surface area contributed by atoms with Crippen LogP contribution in [0.25, 0.3) is 11.1 Å². The number of hydrogen-bond acceptors (Lipinski definition) is 2. The molecule has 0 aromatic heterocycles. The minimum absolute atomic E-state index is 0.187. The Labute approximate surface area is 99.5 Å². The molecule has 0 saturated heterocycles. The van der Waals surface area contributed by atoms with Gasteiger partial charge < -0.3 is 10.8 Å². The number of carbonyl (C=O) groups is 1. The second-order valence-corrected chi connectivity index (χ2v) is 3.76. The molecule has 0 bridgehead atoms. The summed E-state index contributed by atoms with van der Waals surface area (Å²) >= 11 is 0. The molecule has 86 valence electrons. The van der Waals surface area contributed by atoms with Gasteiger partial charge in [0.1, 0.15) is 0 Å². The fourth-order valence-corrected chi connectivity index (χ4v) is 1.75. The number of aliphatic hydroxyl groups excluding tert-OH is 1. The SMILES string of the molecule is NC(=O)c1cc(-c2ccccc2)ccc1CO. The van der Waals surface area contributed by atoms with Crippen molar-refractivity contribution in [2.45, 2.75) is 6.61 Å². The molecule has 0 radical (unpaired) electrons. The molecular formula is C14H13NO2. The number of aliphatic hydroxyl groups is 1. The molecular weight excluding hydrogens is 214 g/mol. The Morgan fingerprint density at radius 1 is 1.06 bits per heavy atom. The Balaban J connectivity index is 2.51. The highest BCUT2D eigenvalue weighted by atomic mass is 16.3. The van der Waals surface area contributed by atoms with E-state index in [1.807, 2.05) is 36.4 Å². The molecule has 2 aromatic carbocycles. The average molecular weight is 227 g/mol. The summed E-state index contributed by atoms with van der Waals surface area (Å²) in [5.41, 5.74) is 8.14. The number of primary amides is 1. The van der Waals surface area contributed by atoms with E-state index in [0.29, 0.717) is 11.1 Å². The number of benzene rings is 2. The third kappa shape index (κ3) is 2.34. The predicted molar refractivity (Wildman–Crippen MR) is 66.3 cm³/mol. The molecule has 2 aromatic rings. The molecule has 0 atom stereocenters. The van der Waals surface area contributed by atoms with Gasteiger partial charge in [0.25, 0.3) is 0 Å². The van der Waals surface area contributed by atoms with E-state index < -0.39 is 5.91 Å². The van der Waals surface area contributed by atoms with E-state index in [1.165, 1.54) is 0 Å². The largest absolute Gasteiger partial charge is 0.392 e. The zero-order valence-electron chi connectivity index (χ0n) is 9.26. The number of rotatable bonds is 3. The van der Waals surface area contributed by atoms with Gasteiger partial charge in [0.2, 0.25) is 5.91 Å². The molecule has 2 rings (SSSR count). The molecule has 3 N–H and O–H groups in total. The highest BCUT2D eigenvalue weighted by Gasteiger charge is 2.09. The van der Waals surface area contributed by atoms with Gasteiger partial charge in [-0.25, -0.2) is 0 Å². The van der Waals surface area contributed by atoms with Crippen LogP contribution < -0.4 is 5.73 Å². The van der Waals surface area contributed by atoms with Crippen molar-refractivity contribution in [2.24, 2.45) is 5.73 Å². The van der Waals surface area contributed by atoms with Crippen molar-refractivity contribution >= 4 is 5.91 Å². The molecule has 0 fully saturated rings. The van der Waals surface area contributed by atoms with Crippen LogP contribution in [0.15, 0.2) is 48.5 Å². The summed E-state index contributed by atoms with van der Waals surface area (Å²) < 4.78 is 0. The lowest BCUT2D eigenvalue weighted by molar-refractivity contribution is 0.0997. The molecule has 0 unspecified atom stereocenters. The third-order valence-electron chi connectivity index (χ3n) is 2.65. The Morgan fingerprint density at radius 3 is 2.35 bits per heavy atom. The van der Waals surface area contributed by atoms with Crippen molar-refractivity contribution < 1.29 is 9.90 Å². The first-order valence-electron chi connectivity index (χ1n) is 5.31. The normalized spacial score (nSPS) is 10.2. The molecule has 0 aliphatic carbocycles. The summed E-state index contributed by atoms with van der Waals surface area (Å²) in [6.45, 7) is -0.187. The van der Waals surface area contributed by atoms with Crippen LogP contribution in [0.2, 0.25) is 0 Å². The topological polar surface area (TPSA) is 63.3 Å². The lowest BCUT2D eigenvalue weighted by Crippen LogP contribution is -2.13. The molecule has 3 nitrogen and oxygen atoms in total. The van der Waals surface area contributed by atoms with Gasteiger partial charge in [-0.1, -0.05) is 42.5 Å². The number of carbonyl (C=O) groups excluding carboxylic acids is 1. The number of amides is 1. The van der Waals surface area contributed by atoms with Gasteiger partial charge in [0, 0.05) is 5.56 Å². The summed E-state index contributed by atoms with van der Waals surface area (Å²) in [5.74, 6) is -0.521. The average Bonchev–Trinajstić information content (AvgIpc) is 2.39.